The first-order chi connectivity index (χ1) is 8.50. The summed E-state index contributed by atoms with van der Waals surface area (Å²) >= 11 is 0. The van der Waals surface area contributed by atoms with Gasteiger partial charge in [-0.2, -0.15) is 0 Å². The van der Waals surface area contributed by atoms with Crippen molar-refractivity contribution in [2.45, 2.75) is 25.9 Å². The molecule has 0 aromatic heterocycles. The summed E-state index contributed by atoms with van der Waals surface area (Å²) in [6, 6.07) is 7.59. The summed E-state index contributed by atoms with van der Waals surface area (Å²) in [5.41, 5.74) is 7.16. The fraction of sp³-hybridized carbons (Fsp3) is 0.500. The normalized spacial score (nSPS) is 19.7. The van der Waals surface area contributed by atoms with Crippen LogP contribution >= 0.6 is 0 Å². The third-order valence-corrected chi connectivity index (χ3v) is 3.62. The summed E-state index contributed by atoms with van der Waals surface area (Å²) in [5, 5.41) is 3.39. The number of carbonyl (C=O) groups excluding carboxylic acids is 1. The van der Waals surface area contributed by atoms with E-state index in [1.54, 1.807) is 6.07 Å². The zero-order valence-electron chi connectivity index (χ0n) is 11.1. The van der Waals surface area contributed by atoms with E-state index < -0.39 is 0 Å². The molecule has 1 aromatic carbocycles. The van der Waals surface area contributed by atoms with Crippen molar-refractivity contribution in [3.63, 3.8) is 0 Å². The van der Waals surface area contributed by atoms with Gasteiger partial charge in [0.1, 0.15) is 0 Å². The minimum absolute atomic E-state index is 0.100. The Hall–Kier alpha value is -1.39. The molecule has 4 nitrogen and oxygen atoms in total. The number of carbonyl (C=O) groups is 1. The predicted molar refractivity (Wildman–Crippen MR) is 72.3 cm³/mol. The van der Waals surface area contributed by atoms with Crippen LogP contribution in [-0.4, -0.2) is 36.0 Å². The van der Waals surface area contributed by atoms with Crippen molar-refractivity contribution in [1.82, 2.24) is 10.2 Å². The SMILES string of the molecule is CC1(C)CNCCN1Cc1ccccc1C(N)=O. The first-order valence-electron chi connectivity index (χ1n) is 6.34. The highest BCUT2D eigenvalue weighted by Gasteiger charge is 2.29. The molecule has 18 heavy (non-hydrogen) atoms. The first-order valence-corrected chi connectivity index (χ1v) is 6.34. The summed E-state index contributed by atoms with van der Waals surface area (Å²) < 4.78 is 0. The van der Waals surface area contributed by atoms with Crippen molar-refractivity contribution < 1.29 is 4.79 Å². The monoisotopic (exact) mass is 247 g/mol. The van der Waals surface area contributed by atoms with Crippen LogP contribution in [0.25, 0.3) is 0 Å². The van der Waals surface area contributed by atoms with E-state index in [0.717, 1.165) is 31.7 Å². The van der Waals surface area contributed by atoms with E-state index in [2.05, 4.69) is 24.1 Å². The molecule has 4 heteroatoms. The summed E-state index contributed by atoms with van der Waals surface area (Å²) in [5.74, 6) is -0.349. The van der Waals surface area contributed by atoms with Crippen LogP contribution in [0, 0.1) is 0 Å². The second-order valence-electron chi connectivity index (χ2n) is 5.43. The van der Waals surface area contributed by atoms with Gasteiger partial charge in [0, 0.05) is 37.3 Å². The Kier molecular flexibility index (Phi) is 3.68. The Morgan fingerprint density at radius 1 is 1.44 bits per heavy atom. The first kappa shape index (κ1) is 13.1. The molecule has 1 amide bonds. The number of nitrogens with two attached hydrogens (primary N) is 1. The van der Waals surface area contributed by atoms with E-state index in [1.807, 2.05) is 18.2 Å². The summed E-state index contributed by atoms with van der Waals surface area (Å²) in [4.78, 5) is 13.8. The molecule has 2 rings (SSSR count). The maximum absolute atomic E-state index is 11.4. The number of nitrogens with one attached hydrogen (secondary N) is 1. The topological polar surface area (TPSA) is 58.4 Å². The van der Waals surface area contributed by atoms with E-state index in [4.69, 9.17) is 5.73 Å². The molecule has 0 saturated carbocycles. The van der Waals surface area contributed by atoms with Crippen LogP contribution in [0.3, 0.4) is 0 Å². The number of primary amides is 1. The average molecular weight is 247 g/mol. The number of piperazine rings is 1. The number of benzene rings is 1. The average Bonchev–Trinajstić information content (AvgIpc) is 2.32. The van der Waals surface area contributed by atoms with Crippen LogP contribution in [0.2, 0.25) is 0 Å². The molecule has 0 unspecified atom stereocenters. The van der Waals surface area contributed by atoms with Gasteiger partial charge in [0.25, 0.3) is 0 Å². The maximum Gasteiger partial charge on any atom is 0.249 e. The number of rotatable bonds is 3. The highest BCUT2D eigenvalue weighted by molar-refractivity contribution is 5.94. The predicted octanol–water partition coefficient (Wildman–Crippen LogP) is 0.969. The molecule has 1 fully saturated rings. The molecule has 0 radical (unpaired) electrons. The molecule has 1 aliphatic heterocycles. The second-order valence-corrected chi connectivity index (χ2v) is 5.43. The maximum atomic E-state index is 11.4. The molecule has 1 heterocycles. The molecule has 0 bridgehead atoms. The third kappa shape index (κ3) is 2.71. The van der Waals surface area contributed by atoms with E-state index in [0.29, 0.717) is 5.56 Å². The smallest absolute Gasteiger partial charge is 0.249 e. The van der Waals surface area contributed by atoms with Gasteiger partial charge in [-0.05, 0) is 25.5 Å². The van der Waals surface area contributed by atoms with Gasteiger partial charge in [-0.15, -0.1) is 0 Å². The highest BCUT2D eigenvalue weighted by Crippen LogP contribution is 2.21. The Morgan fingerprint density at radius 2 is 2.17 bits per heavy atom. The molecule has 1 saturated heterocycles. The lowest BCUT2D eigenvalue weighted by atomic mass is 9.98. The molecule has 0 atom stereocenters. The van der Waals surface area contributed by atoms with Gasteiger partial charge in [0.15, 0.2) is 0 Å². The van der Waals surface area contributed by atoms with Gasteiger partial charge in [-0.25, -0.2) is 0 Å². The number of amides is 1. The lowest BCUT2D eigenvalue weighted by molar-refractivity contribution is 0.0817. The van der Waals surface area contributed by atoms with Crippen LogP contribution in [-0.2, 0) is 6.54 Å². The van der Waals surface area contributed by atoms with E-state index >= 15 is 0 Å². The Bertz CT molecular complexity index is 442. The Balaban J connectivity index is 2.21. The minimum Gasteiger partial charge on any atom is -0.366 e. The van der Waals surface area contributed by atoms with Gasteiger partial charge in [0.05, 0.1) is 0 Å². The van der Waals surface area contributed by atoms with Gasteiger partial charge in [-0.3, -0.25) is 9.69 Å². The molecule has 98 valence electrons. The van der Waals surface area contributed by atoms with Gasteiger partial charge in [0.2, 0.25) is 5.91 Å². The van der Waals surface area contributed by atoms with Crippen LogP contribution in [0.4, 0.5) is 0 Å². The Labute approximate surface area is 108 Å². The summed E-state index contributed by atoms with van der Waals surface area (Å²) in [6.45, 7) is 8.14. The van der Waals surface area contributed by atoms with Crippen LogP contribution in [0.5, 0.6) is 0 Å². The van der Waals surface area contributed by atoms with Crippen molar-refractivity contribution in [3.8, 4) is 0 Å². The molecule has 0 aliphatic carbocycles. The van der Waals surface area contributed by atoms with Crippen molar-refractivity contribution >= 4 is 5.91 Å². The second kappa shape index (κ2) is 5.08. The lowest BCUT2D eigenvalue weighted by Crippen LogP contribution is -2.57. The zero-order valence-corrected chi connectivity index (χ0v) is 11.1. The minimum atomic E-state index is -0.349. The van der Waals surface area contributed by atoms with Crippen LogP contribution in [0.1, 0.15) is 29.8 Å². The van der Waals surface area contributed by atoms with E-state index in [-0.39, 0.29) is 11.4 Å². The summed E-state index contributed by atoms with van der Waals surface area (Å²) in [7, 11) is 0. The summed E-state index contributed by atoms with van der Waals surface area (Å²) in [6.07, 6.45) is 0. The number of hydrogen-bond donors (Lipinski definition) is 2. The number of hydrogen-bond acceptors (Lipinski definition) is 3. The quantitative estimate of drug-likeness (QED) is 0.836. The molecule has 1 aromatic rings. The van der Waals surface area contributed by atoms with Crippen LogP contribution < -0.4 is 11.1 Å². The van der Waals surface area contributed by atoms with E-state index in [9.17, 15) is 4.79 Å². The van der Waals surface area contributed by atoms with Crippen molar-refractivity contribution in [2.24, 2.45) is 5.73 Å². The largest absolute Gasteiger partial charge is 0.366 e. The standard InChI is InChI=1S/C14H21N3O/c1-14(2)10-16-7-8-17(14)9-11-5-3-4-6-12(11)13(15)18/h3-6,16H,7-10H2,1-2H3,(H2,15,18). The van der Waals surface area contributed by atoms with Crippen molar-refractivity contribution in [2.75, 3.05) is 19.6 Å². The zero-order chi connectivity index (χ0) is 13.2. The van der Waals surface area contributed by atoms with Gasteiger partial charge >= 0.3 is 0 Å². The Morgan fingerprint density at radius 3 is 2.83 bits per heavy atom. The third-order valence-electron chi connectivity index (χ3n) is 3.62. The fourth-order valence-electron chi connectivity index (χ4n) is 2.42. The molecule has 3 N–H and O–H groups in total. The molecular formula is C14H21N3O. The highest BCUT2D eigenvalue weighted by atomic mass is 16.1. The van der Waals surface area contributed by atoms with Crippen LogP contribution in [0.15, 0.2) is 24.3 Å². The van der Waals surface area contributed by atoms with Gasteiger partial charge < -0.3 is 11.1 Å². The number of nitrogens with zero attached hydrogens (tertiary/aromatic N) is 1. The molecular weight excluding hydrogens is 226 g/mol. The fourth-order valence-corrected chi connectivity index (χ4v) is 2.42. The molecule has 0 spiro atoms. The van der Waals surface area contributed by atoms with Gasteiger partial charge in [-0.1, -0.05) is 18.2 Å². The molecule has 1 aliphatic rings. The lowest BCUT2D eigenvalue weighted by Gasteiger charge is -2.43. The van der Waals surface area contributed by atoms with E-state index in [1.165, 1.54) is 0 Å². The van der Waals surface area contributed by atoms with Crippen molar-refractivity contribution in [3.05, 3.63) is 35.4 Å². The van der Waals surface area contributed by atoms with Crippen molar-refractivity contribution in [1.29, 1.82) is 0 Å².